The number of likely N-dealkylation sites (N-methyl/N-ethyl adjacent to an activating group) is 1. The maximum atomic E-state index is 13.6. The fourth-order valence-electron chi connectivity index (χ4n) is 3.07. The monoisotopic (exact) mass is 429 g/mol. The van der Waals surface area contributed by atoms with Crippen molar-refractivity contribution < 1.29 is 18.7 Å². The summed E-state index contributed by atoms with van der Waals surface area (Å²) in [5, 5.41) is 5.32. The quantitative estimate of drug-likeness (QED) is 0.586. The van der Waals surface area contributed by atoms with Gasteiger partial charge in [-0.1, -0.05) is 12.1 Å². The Bertz CT molecular complexity index is 1020. The fraction of sp³-hybridized carbons (Fsp3) is 0.273. The molecule has 0 radical (unpaired) electrons. The summed E-state index contributed by atoms with van der Waals surface area (Å²) in [5.74, 6) is 0.647. The highest BCUT2D eigenvalue weighted by Crippen LogP contribution is 2.33. The van der Waals surface area contributed by atoms with Gasteiger partial charge in [0.1, 0.15) is 16.5 Å². The van der Waals surface area contributed by atoms with Crippen molar-refractivity contribution in [3.63, 3.8) is 0 Å². The third-order valence-corrected chi connectivity index (χ3v) is 5.57. The van der Waals surface area contributed by atoms with Crippen molar-refractivity contribution in [3.8, 4) is 22.1 Å². The summed E-state index contributed by atoms with van der Waals surface area (Å²) in [5.41, 5.74) is 1.97. The van der Waals surface area contributed by atoms with E-state index in [0.717, 1.165) is 11.1 Å². The molecule has 0 aliphatic rings. The topological polar surface area (TPSA) is 63.7 Å². The average Bonchev–Trinajstić information content (AvgIpc) is 3.23. The number of amides is 1. The van der Waals surface area contributed by atoms with Crippen LogP contribution in [-0.2, 0) is 0 Å². The Morgan fingerprint density at radius 1 is 1.17 bits per heavy atom. The lowest BCUT2D eigenvalue weighted by Gasteiger charge is -2.25. The van der Waals surface area contributed by atoms with Crippen molar-refractivity contribution in [2.75, 3.05) is 34.9 Å². The van der Waals surface area contributed by atoms with Gasteiger partial charge in [-0.2, -0.15) is 0 Å². The van der Waals surface area contributed by atoms with Gasteiger partial charge < -0.3 is 19.7 Å². The second kappa shape index (κ2) is 9.69. The van der Waals surface area contributed by atoms with Crippen LogP contribution in [-0.4, -0.2) is 50.7 Å². The standard InChI is InChI=1S/C22H24FN3O3S/c1-26(2)18(14-6-5-7-16(23)10-14)12-24-21(27)17-13-30-22(25-17)15-8-9-19(28-3)20(11-15)29-4/h5-11,13,18H,12H2,1-4H3,(H,24,27)/t18-/m0/s1. The number of methoxy groups -OCH3 is 2. The van der Waals surface area contributed by atoms with Crippen LogP contribution in [0, 0.1) is 5.82 Å². The number of nitrogens with one attached hydrogen (secondary N) is 1. The minimum atomic E-state index is -0.301. The van der Waals surface area contributed by atoms with E-state index in [1.807, 2.05) is 37.2 Å². The first-order chi connectivity index (χ1) is 14.4. The Morgan fingerprint density at radius 3 is 2.60 bits per heavy atom. The van der Waals surface area contributed by atoms with E-state index in [4.69, 9.17) is 9.47 Å². The van der Waals surface area contributed by atoms with E-state index in [2.05, 4.69) is 10.3 Å². The third-order valence-electron chi connectivity index (χ3n) is 4.68. The zero-order valence-corrected chi connectivity index (χ0v) is 18.1. The van der Waals surface area contributed by atoms with Crippen LogP contribution < -0.4 is 14.8 Å². The number of ether oxygens (including phenoxy) is 2. The molecule has 1 aromatic heterocycles. The molecule has 0 aliphatic carbocycles. The fourth-order valence-corrected chi connectivity index (χ4v) is 3.87. The summed E-state index contributed by atoms with van der Waals surface area (Å²) >= 11 is 1.37. The Balaban J connectivity index is 1.72. The van der Waals surface area contributed by atoms with Crippen molar-refractivity contribution in [3.05, 3.63) is 64.9 Å². The van der Waals surface area contributed by atoms with Crippen LogP contribution in [0.2, 0.25) is 0 Å². The molecule has 0 fully saturated rings. The van der Waals surface area contributed by atoms with Crippen LogP contribution in [0.15, 0.2) is 47.8 Å². The van der Waals surface area contributed by atoms with E-state index in [1.54, 1.807) is 31.7 Å². The molecule has 2 aromatic carbocycles. The number of carbonyl (C=O) groups excluding carboxylic acids is 1. The molecule has 3 rings (SSSR count). The highest BCUT2D eigenvalue weighted by molar-refractivity contribution is 7.13. The van der Waals surface area contributed by atoms with E-state index in [1.165, 1.54) is 23.5 Å². The molecule has 0 saturated heterocycles. The summed E-state index contributed by atoms with van der Waals surface area (Å²) in [6, 6.07) is 11.7. The molecule has 30 heavy (non-hydrogen) atoms. The molecule has 1 amide bonds. The Morgan fingerprint density at radius 2 is 1.93 bits per heavy atom. The van der Waals surface area contributed by atoms with E-state index in [-0.39, 0.29) is 17.8 Å². The molecule has 0 unspecified atom stereocenters. The van der Waals surface area contributed by atoms with E-state index in [0.29, 0.717) is 28.7 Å². The first-order valence-corrected chi connectivity index (χ1v) is 10.2. The number of hydrogen-bond acceptors (Lipinski definition) is 6. The Labute approximate surface area is 179 Å². The molecular formula is C22H24FN3O3S. The van der Waals surface area contributed by atoms with Crippen molar-refractivity contribution in [1.82, 2.24) is 15.2 Å². The molecule has 3 aromatic rings. The summed E-state index contributed by atoms with van der Waals surface area (Å²) in [7, 11) is 6.93. The largest absolute Gasteiger partial charge is 0.493 e. The maximum absolute atomic E-state index is 13.6. The third kappa shape index (κ3) is 4.95. The van der Waals surface area contributed by atoms with Crippen LogP contribution in [0.25, 0.3) is 10.6 Å². The summed E-state index contributed by atoms with van der Waals surface area (Å²) in [4.78, 5) is 19.0. The predicted molar refractivity (Wildman–Crippen MR) is 116 cm³/mol. The molecule has 1 heterocycles. The Kier molecular flexibility index (Phi) is 7.02. The number of thiazole rings is 1. The van der Waals surface area contributed by atoms with Crippen molar-refractivity contribution in [2.45, 2.75) is 6.04 Å². The number of aromatic nitrogens is 1. The van der Waals surface area contributed by atoms with Crippen LogP contribution in [0.5, 0.6) is 11.5 Å². The second-order valence-electron chi connectivity index (χ2n) is 6.85. The molecule has 8 heteroatoms. The summed E-state index contributed by atoms with van der Waals surface area (Å²) in [6.45, 7) is 0.332. The highest BCUT2D eigenvalue weighted by Gasteiger charge is 2.18. The smallest absolute Gasteiger partial charge is 0.270 e. The average molecular weight is 430 g/mol. The molecule has 0 saturated carbocycles. The first-order valence-electron chi connectivity index (χ1n) is 9.31. The lowest BCUT2D eigenvalue weighted by atomic mass is 10.1. The van der Waals surface area contributed by atoms with Gasteiger partial charge in [-0.15, -0.1) is 11.3 Å². The predicted octanol–water partition coefficient (Wildman–Crippen LogP) is 4.00. The van der Waals surface area contributed by atoms with E-state index in [9.17, 15) is 9.18 Å². The van der Waals surface area contributed by atoms with Crippen LogP contribution >= 0.6 is 11.3 Å². The molecule has 1 N–H and O–H groups in total. The highest BCUT2D eigenvalue weighted by atomic mass is 32.1. The molecular weight excluding hydrogens is 405 g/mol. The molecule has 0 spiro atoms. The van der Waals surface area contributed by atoms with Crippen molar-refractivity contribution in [1.29, 1.82) is 0 Å². The first kappa shape index (κ1) is 21.7. The van der Waals surface area contributed by atoms with Gasteiger partial charge in [-0.05, 0) is 50.0 Å². The number of rotatable bonds is 8. The van der Waals surface area contributed by atoms with Gasteiger partial charge in [0.2, 0.25) is 0 Å². The molecule has 0 bridgehead atoms. The lowest BCUT2D eigenvalue weighted by Crippen LogP contribution is -2.34. The van der Waals surface area contributed by atoms with Gasteiger partial charge in [0.05, 0.1) is 20.3 Å². The number of benzene rings is 2. The number of halogens is 1. The van der Waals surface area contributed by atoms with Crippen LogP contribution in [0.3, 0.4) is 0 Å². The van der Waals surface area contributed by atoms with Crippen LogP contribution in [0.4, 0.5) is 4.39 Å². The normalized spacial score (nSPS) is 11.9. The molecule has 158 valence electrons. The number of nitrogens with zero attached hydrogens (tertiary/aromatic N) is 2. The van der Waals surface area contributed by atoms with Crippen molar-refractivity contribution >= 4 is 17.2 Å². The van der Waals surface area contributed by atoms with Gasteiger partial charge in [0.25, 0.3) is 5.91 Å². The van der Waals surface area contributed by atoms with Gasteiger partial charge in [-0.3, -0.25) is 4.79 Å². The molecule has 6 nitrogen and oxygen atoms in total. The molecule has 1 atom stereocenters. The zero-order valence-electron chi connectivity index (χ0n) is 17.3. The van der Waals surface area contributed by atoms with Gasteiger partial charge >= 0.3 is 0 Å². The second-order valence-corrected chi connectivity index (χ2v) is 7.71. The van der Waals surface area contributed by atoms with E-state index < -0.39 is 0 Å². The maximum Gasteiger partial charge on any atom is 0.270 e. The minimum Gasteiger partial charge on any atom is -0.493 e. The minimum absolute atomic E-state index is 0.159. The SMILES string of the molecule is COc1ccc(-c2nc(C(=O)NC[C@@H](c3cccc(F)c3)N(C)C)cs2)cc1OC. The zero-order chi connectivity index (χ0) is 21.7. The van der Waals surface area contributed by atoms with Crippen LogP contribution in [0.1, 0.15) is 22.1 Å². The van der Waals surface area contributed by atoms with Gasteiger partial charge in [0, 0.05) is 17.5 Å². The number of carbonyl (C=O) groups is 1. The lowest BCUT2D eigenvalue weighted by molar-refractivity contribution is 0.0937. The summed E-state index contributed by atoms with van der Waals surface area (Å²) < 4.78 is 24.2. The molecule has 0 aliphatic heterocycles. The van der Waals surface area contributed by atoms with E-state index >= 15 is 0 Å². The Hall–Kier alpha value is -2.97. The van der Waals surface area contributed by atoms with Gasteiger partial charge in [-0.25, -0.2) is 9.37 Å². The summed E-state index contributed by atoms with van der Waals surface area (Å²) in [6.07, 6.45) is 0. The van der Waals surface area contributed by atoms with Gasteiger partial charge in [0.15, 0.2) is 11.5 Å². The number of hydrogen-bond donors (Lipinski definition) is 1. The van der Waals surface area contributed by atoms with Crippen molar-refractivity contribution in [2.24, 2.45) is 0 Å².